The summed E-state index contributed by atoms with van der Waals surface area (Å²) in [6.45, 7) is 1.91. The number of nitrogens with zero attached hydrogens (tertiary/aromatic N) is 3. The van der Waals surface area contributed by atoms with E-state index in [0.717, 1.165) is 33.2 Å². The van der Waals surface area contributed by atoms with Gasteiger partial charge in [-0.2, -0.15) is 5.10 Å². The highest BCUT2D eigenvalue weighted by Crippen LogP contribution is 2.29. The molecule has 0 spiro atoms. The number of anilines is 1. The monoisotopic (exact) mass is 457 g/mol. The van der Waals surface area contributed by atoms with Crippen molar-refractivity contribution in [2.45, 2.75) is 6.92 Å². The number of hydrogen-bond donors (Lipinski definition) is 2. The molecule has 0 saturated heterocycles. The molecule has 3 aromatic heterocycles. The number of H-pyrrole nitrogens is 1. The summed E-state index contributed by atoms with van der Waals surface area (Å²) in [6.07, 6.45) is 1.94. The van der Waals surface area contributed by atoms with Crippen LogP contribution in [-0.2, 0) is 0 Å². The summed E-state index contributed by atoms with van der Waals surface area (Å²) >= 11 is 1.35. The first-order chi connectivity index (χ1) is 16.0. The average molecular weight is 458 g/mol. The van der Waals surface area contributed by atoms with E-state index in [4.69, 9.17) is 4.74 Å². The highest BCUT2D eigenvalue weighted by Gasteiger charge is 2.18. The van der Waals surface area contributed by atoms with Gasteiger partial charge in [-0.05, 0) is 49.4 Å². The number of hydrogen-bond acceptors (Lipinski definition) is 6. The molecule has 0 unspecified atom stereocenters. The van der Waals surface area contributed by atoms with Crippen molar-refractivity contribution in [1.29, 1.82) is 0 Å². The molecule has 5 aromatic rings. The molecule has 8 nitrogen and oxygen atoms in total. The van der Waals surface area contributed by atoms with Gasteiger partial charge in [-0.1, -0.05) is 23.5 Å². The Bertz CT molecular complexity index is 1490. The Hall–Kier alpha value is -4.24. The van der Waals surface area contributed by atoms with Gasteiger partial charge in [-0.25, -0.2) is 10.1 Å². The number of amides is 1. The third-order valence-corrected chi connectivity index (χ3v) is 6.42. The van der Waals surface area contributed by atoms with Gasteiger partial charge in [0.1, 0.15) is 10.6 Å². The van der Waals surface area contributed by atoms with Gasteiger partial charge in [-0.15, -0.1) is 0 Å². The van der Waals surface area contributed by atoms with Gasteiger partial charge in [-0.3, -0.25) is 14.0 Å². The van der Waals surface area contributed by atoms with Crippen LogP contribution in [-0.4, -0.2) is 32.6 Å². The molecule has 0 bridgehead atoms. The first-order valence-electron chi connectivity index (χ1n) is 10.1. The van der Waals surface area contributed by atoms with Crippen molar-refractivity contribution in [2.75, 3.05) is 12.4 Å². The van der Waals surface area contributed by atoms with E-state index >= 15 is 0 Å². The number of benzene rings is 2. The number of aromatic amines is 1. The molecule has 0 aliphatic heterocycles. The number of aromatic nitrogens is 4. The number of ether oxygens (including phenoxy) is 1. The molecule has 164 valence electrons. The number of carbonyl (C=O) groups excluding carboxylic acids is 1. The van der Waals surface area contributed by atoms with Crippen LogP contribution in [0, 0.1) is 6.92 Å². The molecule has 0 aliphatic rings. The van der Waals surface area contributed by atoms with Crippen LogP contribution in [0.15, 0.2) is 71.7 Å². The molecule has 0 aliphatic carbocycles. The lowest BCUT2D eigenvalue weighted by Crippen LogP contribution is -2.11. The smallest absolute Gasteiger partial charge is 0.267 e. The number of nitrogens with one attached hydrogen (secondary N) is 2. The molecular formula is C24H19N5O3S. The fourth-order valence-electron chi connectivity index (χ4n) is 3.48. The lowest BCUT2D eigenvalue weighted by molar-refractivity contribution is 0.102. The second-order valence-corrected chi connectivity index (χ2v) is 8.34. The van der Waals surface area contributed by atoms with Gasteiger partial charge in [0.15, 0.2) is 4.96 Å². The van der Waals surface area contributed by atoms with E-state index in [1.54, 1.807) is 25.3 Å². The van der Waals surface area contributed by atoms with Crippen LogP contribution >= 0.6 is 11.3 Å². The Kier molecular flexibility index (Phi) is 5.23. The molecule has 3 heterocycles. The quantitative estimate of drug-likeness (QED) is 0.408. The third kappa shape index (κ3) is 4.01. The highest BCUT2D eigenvalue weighted by atomic mass is 32.1. The van der Waals surface area contributed by atoms with Crippen molar-refractivity contribution < 1.29 is 9.53 Å². The molecule has 0 atom stereocenters. The van der Waals surface area contributed by atoms with Gasteiger partial charge in [0.05, 0.1) is 18.5 Å². The van der Waals surface area contributed by atoms with Crippen LogP contribution in [0.25, 0.3) is 27.5 Å². The Morgan fingerprint density at radius 1 is 1.00 bits per heavy atom. The number of imidazole rings is 1. The molecule has 2 aromatic carbocycles. The molecule has 9 heteroatoms. The number of rotatable bonds is 5. The fourth-order valence-corrected chi connectivity index (χ4v) is 4.48. The van der Waals surface area contributed by atoms with Gasteiger partial charge >= 0.3 is 0 Å². The maximum Gasteiger partial charge on any atom is 0.267 e. The zero-order valence-corrected chi connectivity index (χ0v) is 18.6. The van der Waals surface area contributed by atoms with E-state index in [0.29, 0.717) is 16.3 Å². The maximum atomic E-state index is 12.9. The Labute approximate surface area is 192 Å². The summed E-state index contributed by atoms with van der Waals surface area (Å²) in [7, 11) is 1.63. The zero-order valence-electron chi connectivity index (χ0n) is 17.8. The minimum Gasteiger partial charge on any atom is -0.497 e. The number of methoxy groups -OCH3 is 1. The molecule has 0 fully saturated rings. The van der Waals surface area contributed by atoms with Crippen LogP contribution in [0.2, 0.25) is 0 Å². The Morgan fingerprint density at radius 3 is 2.33 bits per heavy atom. The number of aryl methyl sites for hydroxylation is 1. The Morgan fingerprint density at radius 2 is 1.70 bits per heavy atom. The minimum absolute atomic E-state index is 0.191. The molecular weight excluding hydrogens is 438 g/mol. The van der Waals surface area contributed by atoms with Crippen molar-refractivity contribution in [3.05, 3.63) is 87.8 Å². The fraction of sp³-hybridized carbons (Fsp3) is 0.0833. The summed E-state index contributed by atoms with van der Waals surface area (Å²) in [5.74, 6) is 0.599. The standard InChI is InChI=1S/C24H19N5O3S/c1-14-22(33-24-26-20(13-29(14)24)16-5-9-18(32-2)10-6-16)23(31)25-17-7-3-15(4-8-17)19-11-12-21(30)28-27-19/h3-13H,1-2H3,(H,25,31)(H,28,30). The highest BCUT2D eigenvalue weighted by molar-refractivity contribution is 7.19. The Balaban J connectivity index is 1.35. The topological polar surface area (TPSA) is 101 Å². The SMILES string of the molecule is COc1ccc(-c2cn3c(C)c(C(=O)Nc4ccc(-c5ccc(=O)[nH]n5)cc4)sc3n2)cc1. The molecule has 0 radical (unpaired) electrons. The van der Waals surface area contributed by atoms with Crippen LogP contribution in [0.3, 0.4) is 0 Å². The molecule has 2 N–H and O–H groups in total. The van der Waals surface area contributed by atoms with Crippen LogP contribution < -0.4 is 15.6 Å². The van der Waals surface area contributed by atoms with E-state index in [-0.39, 0.29) is 11.5 Å². The second-order valence-electron chi connectivity index (χ2n) is 7.36. The van der Waals surface area contributed by atoms with E-state index in [1.165, 1.54) is 17.4 Å². The average Bonchev–Trinajstić information content (AvgIpc) is 3.39. The van der Waals surface area contributed by atoms with Gasteiger partial charge in [0.2, 0.25) is 0 Å². The van der Waals surface area contributed by atoms with E-state index < -0.39 is 0 Å². The van der Waals surface area contributed by atoms with Gasteiger partial charge < -0.3 is 10.1 Å². The largest absolute Gasteiger partial charge is 0.497 e. The molecule has 1 amide bonds. The first kappa shape index (κ1) is 20.7. The summed E-state index contributed by atoms with van der Waals surface area (Å²) in [6, 6.07) is 18.1. The summed E-state index contributed by atoms with van der Waals surface area (Å²) in [4.78, 5) is 30.1. The summed E-state index contributed by atoms with van der Waals surface area (Å²) in [5.41, 5.74) is 4.54. The van der Waals surface area contributed by atoms with Crippen molar-refractivity contribution in [3.8, 4) is 28.3 Å². The number of thiazole rings is 1. The maximum absolute atomic E-state index is 12.9. The van der Waals surface area contributed by atoms with Gasteiger partial charge in [0.25, 0.3) is 11.5 Å². The van der Waals surface area contributed by atoms with Crippen LogP contribution in [0.1, 0.15) is 15.4 Å². The normalized spacial score (nSPS) is 11.0. The van der Waals surface area contributed by atoms with Crippen molar-refractivity contribution in [2.24, 2.45) is 0 Å². The van der Waals surface area contributed by atoms with E-state index in [2.05, 4.69) is 20.5 Å². The van der Waals surface area contributed by atoms with Crippen LogP contribution in [0.5, 0.6) is 5.75 Å². The zero-order chi connectivity index (χ0) is 22.9. The predicted octanol–water partition coefficient (Wildman–Crippen LogP) is 4.38. The van der Waals surface area contributed by atoms with Crippen LogP contribution in [0.4, 0.5) is 5.69 Å². The lowest BCUT2D eigenvalue weighted by Gasteiger charge is -2.06. The number of fused-ring (bicyclic) bond motifs is 1. The van der Waals surface area contributed by atoms with Crippen molar-refractivity contribution in [3.63, 3.8) is 0 Å². The summed E-state index contributed by atoms with van der Waals surface area (Å²) < 4.78 is 7.14. The lowest BCUT2D eigenvalue weighted by atomic mass is 10.1. The van der Waals surface area contributed by atoms with Gasteiger partial charge in [0, 0.05) is 34.8 Å². The number of carbonyl (C=O) groups is 1. The second kappa shape index (κ2) is 8.36. The molecule has 33 heavy (non-hydrogen) atoms. The van der Waals surface area contributed by atoms with Crippen molar-refractivity contribution in [1.82, 2.24) is 19.6 Å². The van der Waals surface area contributed by atoms with Crippen molar-refractivity contribution >= 4 is 27.9 Å². The molecule has 0 saturated carbocycles. The van der Waals surface area contributed by atoms with E-state index in [9.17, 15) is 9.59 Å². The van der Waals surface area contributed by atoms with E-state index in [1.807, 2.05) is 53.9 Å². The molecule has 5 rings (SSSR count). The first-order valence-corrected chi connectivity index (χ1v) is 10.9. The predicted molar refractivity (Wildman–Crippen MR) is 128 cm³/mol. The third-order valence-electron chi connectivity index (χ3n) is 5.27. The summed E-state index contributed by atoms with van der Waals surface area (Å²) in [5, 5.41) is 9.36. The minimum atomic E-state index is -0.253.